The lowest BCUT2D eigenvalue weighted by Gasteiger charge is -2.17. The zero-order valence-corrected chi connectivity index (χ0v) is 13.0. The minimum atomic E-state index is -0.755. The SMILES string of the molecule is CCCC(CCNC(=O)[C@H](N)CC(C)C)CCC(=O)O. The number of hydrogen-bond donors (Lipinski definition) is 3. The van der Waals surface area contributed by atoms with Gasteiger partial charge in [0.15, 0.2) is 0 Å². The van der Waals surface area contributed by atoms with Crippen LogP contribution in [0.3, 0.4) is 0 Å². The quantitative estimate of drug-likeness (QED) is 0.542. The molecule has 118 valence electrons. The first-order valence-electron chi connectivity index (χ1n) is 7.61. The van der Waals surface area contributed by atoms with Crippen molar-refractivity contribution in [1.29, 1.82) is 0 Å². The van der Waals surface area contributed by atoms with Gasteiger partial charge in [-0.25, -0.2) is 0 Å². The fourth-order valence-electron chi connectivity index (χ4n) is 2.31. The van der Waals surface area contributed by atoms with E-state index in [1.807, 2.05) is 13.8 Å². The van der Waals surface area contributed by atoms with Gasteiger partial charge in [0.05, 0.1) is 6.04 Å². The lowest BCUT2D eigenvalue weighted by atomic mass is 9.94. The van der Waals surface area contributed by atoms with Gasteiger partial charge in [-0.3, -0.25) is 9.59 Å². The number of carbonyl (C=O) groups excluding carboxylic acids is 1. The van der Waals surface area contributed by atoms with Gasteiger partial charge < -0.3 is 16.2 Å². The first-order chi connectivity index (χ1) is 9.36. The largest absolute Gasteiger partial charge is 0.481 e. The number of hydrogen-bond acceptors (Lipinski definition) is 3. The van der Waals surface area contributed by atoms with E-state index in [0.717, 1.165) is 19.3 Å². The lowest BCUT2D eigenvalue weighted by molar-refractivity contribution is -0.137. The van der Waals surface area contributed by atoms with Crippen molar-refractivity contribution in [3.05, 3.63) is 0 Å². The standard InChI is InChI=1S/C15H30N2O3/c1-4-5-12(6-7-14(18)19)8-9-17-15(20)13(16)10-11(2)3/h11-13H,4-10,16H2,1-3H3,(H,17,20)(H,18,19)/t12?,13-/m1/s1. The van der Waals surface area contributed by atoms with Gasteiger partial charge in [0, 0.05) is 13.0 Å². The normalized spacial score (nSPS) is 14.1. The molecule has 0 rings (SSSR count). The summed E-state index contributed by atoms with van der Waals surface area (Å²) in [7, 11) is 0. The molecule has 4 N–H and O–H groups in total. The molecule has 0 aromatic rings. The van der Waals surface area contributed by atoms with E-state index >= 15 is 0 Å². The van der Waals surface area contributed by atoms with Crippen LogP contribution in [0.2, 0.25) is 0 Å². The van der Waals surface area contributed by atoms with Gasteiger partial charge in [-0.1, -0.05) is 33.6 Å². The van der Waals surface area contributed by atoms with Crippen molar-refractivity contribution in [2.45, 2.75) is 65.3 Å². The van der Waals surface area contributed by atoms with Crippen LogP contribution in [0, 0.1) is 11.8 Å². The average molecular weight is 286 g/mol. The van der Waals surface area contributed by atoms with Gasteiger partial charge in [0.25, 0.3) is 0 Å². The van der Waals surface area contributed by atoms with Crippen LogP contribution in [0.5, 0.6) is 0 Å². The average Bonchev–Trinajstić information content (AvgIpc) is 2.34. The zero-order valence-electron chi connectivity index (χ0n) is 13.0. The van der Waals surface area contributed by atoms with E-state index in [1.165, 1.54) is 0 Å². The van der Waals surface area contributed by atoms with E-state index in [0.29, 0.717) is 31.2 Å². The van der Waals surface area contributed by atoms with Gasteiger partial charge >= 0.3 is 5.97 Å². The Labute approximate surface area is 122 Å². The lowest BCUT2D eigenvalue weighted by Crippen LogP contribution is -2.42. The van der Waals surface area contributed by atoms with Gasteiger partial charge in [0.1, 0.15) is 0 Å². The van der Waals surface area contributed by atoms with Crippen LogP contribution in [0.25, 0.3) is 0 Å². The predicted molar refractivity (Wildman–Crippen MR) is 80.3 cm³/mol. The van der Waals surface area contributed by atoms with Crippen molar-refractivity contribution in [2.24, 2.45) is 17.6 Å². The first-order valence-corrected chi connectivity index (χ1v) is 7.61. The molecule has 2 atom stereocenters. The second-order valence-corrected chi connectivity index (χ2v) is 5.90. The number of carboxylic acid groups (broad SMARTS) is 1. The van der Waals surface area contributed by atoms with Crippen molar-refractivity contribution in [3.63, 3.8) is 0 Å². The summed E-state index contributed by atoms with van der Waals surface area (Å²) in [6, 6.07) is -0.446. The molecule has 0 saturated heterocycles. The summed E-state index contributed by atoms with van der Waals surface area (Å²) in [5.41, 5.74) is 5.80. The van der Waals surface area contributed by atoms with E-state index in [1.54, 1.807) is 0 Å². The first kappa shape index (κ1) is 18.9. The summed E-state index contributed by atoms with van der Waals surface area (Å²) in [6.45, 7) is 6.74. The Hall–Kier alpha value is -1.10. The van der Waals surface area contributed by atoms with E-state index in [9.17, 15) is 9.59 Å². The smallest absolute Gasteiger partial charge is 0.303 e. The second kappa shape index (κ2) is 10.7. The summed E-state index contributed by atoms with van der Waals surface area (Å²) >= 11 is 0. The van der Waals surface area contributed by atoms with E-state index in [4.69, 9.17) is 10.8 Å². The van der Waals surface area contributed by atoms with Gasteiger partial charge in [-0.2, -0.15) is 0 Å². The van der Waals surface area contributed by atoms with E-state index in [-0.39, 0.29) is 12.3 Å². The molecule has 0 heterocycles. The van der Waals surface area contributed by atoms with Crippen molar-refractivity contribution in [1.82, 2.24) is 5.32 Å². The monoisotopic (exact) mass is 286 g/mol. The summed E-state index contributed by atoms with van der Waals surface area (Å²) in [5, 5.41) is 11.6. The highest BCUT2D eigenvalue weighted by Crippen LogP contribution is 2.17. The number of nitrogens with one attached hydrogen (secondary N) is 1. The molecule has 0 radical (unpaired) electrons. The summed E-state index contributed by atoms with van der Waals surface area (Å²) in [6.07, 6.45) is 4.42. The van der Waals surface area contributed by atoms with E-state index in [2.05, 4.69) is 12.2 Å². The maximum absolute atomic E-state index is 11.8. The highest BCUT2D eigenvalue weighted by molar-refractivity contribution is 5.81. The summed E-state index contributed by atoms with van der Waals surface area (Å²) in [4.78, 5) is 22.3. The van der Waals surface area contributed by atoms with Crippen LogP contribution >= 0.6 is 0 Å². The van der Waals surface area contributed by atoms with Crippen molar-refractivity contribution in [2.75, 3.05) is 6.54 Å². The van der Waals surface area contributed by atoms with Gasteiger partial charge in [0.2, 0.25) is 5.91 Å². The molecule has 5 heteroatoms. The maximum Gasteiger partial charge on any atom is 0.303 e. The number of carbonyl (C=O) groups is 2. The molecule has 0 aliphatic heterocycles. The van der Waals surface area contributed by atoms with Gasteiger partial charge in [-0.05, 0) is 31.1 Å². The van der Waals surface area contributed by atoms with Crippen LogP contribution in [-0.2, 0) is 9.59 Å². The highest BCUT2D eigenvalue weighted by Gasteiger charge is 2.15. The number of rotatable bonds is 11. The van der Waals surface area contributed by atoms with E-state index < -0.39 is 12.0 Å². The molecule has 0 saturated carbocycles. The number of carboxylic acids is 1. The molecule has 0 aliphatic rings. The van der Waals surface area contributed by atoms with Crippen LogP contribution in [0.15, 0.2) is 0 Å². The van der Waals surface area contributed by atoms with Gasteiger partial charge in [-0.15, -0.1) is 0 Å². The Morgan fingerprint density at radius 2 is 1.85 bits per heavy atom. The predicted octanol–water partition coefficient (Wildman–Crippen LogP) is 2.15. The second-order valence-electron chi connectivity index (χ2n) is 5.90. The molecule has 1 unspecified atom stereocenters. The van der Waals surface area contributed by atoms with Crippen LogP contribution in [-0.4, -0.2) is 29.6 Å². The van der Waals surface area contributed by atoms with Crippen LogP contribution in [0.1, 0.15) is 59.3 Å². The summed E-state index contributed by atoms with van der Waals surface area (Å²) in [5.74, 6) is -0.0989. The number of amides is 1. The van der Waals surface area contributed by atoms with Crippen LogP contribution in [0.4, 0.5) is 0 Å². The molecule has 0 spiro atoms. The Balaban J connectivity index is 3.97. The Bertz CT molecular complexity index is 293. The minimum Gasteiger partial charge on any atom is -0.481 e. The molecule has 20 heavy (non-hydrogen) atoms. The minimum absolute atomic E-state index is 0.104. The molecule has 5 nitrogen and oxygen atoms in total. The third kappa shape index (κ3) is 9.78. The van der Waals surface area contributed by atoms with Crippen LogP contribution < -0.4 is 11.1 Å². The number of nitrogens with two attached hydrogens (primary N) is 1. The van der Waals surface area contributed by atoms with Crippen molar-refractivity contribution >= 4 is 11.9 Å². The highest BCUT2D eigenvalue weighted by atomic mass is 16.4. The Kier molecular flexibility index (Phi) is 10.1. The molecule has 0 fully saturated rings. The number of aliphatic carboxylic acids is 1. The molecular weight excluding hydrogens is 256 g/mol. The molecule has 1 amide bonds. The molecule has 0 bridgehead atoms. The molecule has 0 aromatic heterocycles. The Morgan fingerprint density at radius 1 is 1.20 bits per heavy atom. The van der Waals surface area contributed by atoms with Crippen molar-refractivity contribution < 1.29 is 14.7 Å². The third-order valence-corrected chi connectivity index (χ3v) is 3.38. The fraction of sp³-hybridized carbons (Fsp3) is 0.867. The fourth-order valence-corrected chi connectivity index (χ4v) is 2.31. The maximum atomic E-state index is 11.8. The topological polar surface area (TPSA) is 92.4 Å². The van der Waals surface area contributed by atoms with Crippen molar-refractivity contribution in [3.8, 4) is 0 Å². The zero-order chi connectivity index (χ0) is 15.5. The molecule has 0 aromatic carbocycles. The third-order valence-electron chi connectivity index (χ3n) is 3.38. The Morgan fingerprint density at radius 3 is 2.35 bits per heavy atom. The summed E-state index contributed by atoms with van der Waals surface area (Å²) < 4.78 is 0. The molecule has 0 aliphatic carbocycles. The molecular formula is C15H30N2O3.